The van der Waals surface area contributed by atoms with E-state index in [1.54, 1.807) is 0 Å². The van der Waals surface area contributed by atoms with Crippen LogP contribution in [0.4, 0.5) is 0 Å². The van der Waals surface area contributed by atoms with Crippen molar-refractivity contribution in [2.24, 2.45) is 5.92 Å². The van der Waals surface area contributed by atoms with E-state index in [1.807, 2.05) is 0 Å². The molecule has 1 rings (SSSR count). The lowest BCUT2D eigenvalue weighted by Gasteiger charge is -1.66. The van der Waals surface area contributed by atoms with E-state index < -0.39 is 0 Å². The zero-order chi connectivity index (χ0) is 3.86. The molecule has 0 nitrogen and oxygen atoms in total. The lowest BCUT2D eigenvalue weighted by Crippen LogP contribution is -1.59. The Bertz CT molecular complexity index is 36.9. The molecular weight excluding hydrogens is 58.9 g/mol. The second-order valence-electron chi connectivity index (χ2n) is 2.19. The second kappa shape index (κ2) is 0.765. The smallest absolute Gasteiger partial charge is 0.0670 e. The summed E-state index contributed by atoms with van der Waals surface area (Å²) in [4.78, 5) is 0. The number of rotatable bonds is 0. The standard InChI is InChI=1S/C4H9B/c1-3-2-4(3)5/h3-4H,2,5H2,1H3/t3-,4+/m1/s1. The largest absolute Gasteiger partial charge is 0.105 e. The van der Waals surface area contributed by atoms with Gasteiger partial charge in [0.25, 0.3) is 0 Å². The van der Waals surface area contributed by atoms with E-state index in [0.717, 1.165) is 11.7 Å². The Morgan fingerprint density at radius 3 is 2.00 bits per heavy atom. The molecule has 0 aromatic heterocycles. The average molecular weight is 67.9 g/mol. The Labute approximate surface area is 34.0 Å². The predicted octanol–water partition coefficient (Wildman–Crippen LogP) is 0.448. The minimum absolute atomic E-state index is 1.05. The van der Waals surface area contributed by atoms with Crippen LogP contribution < -0.4 is 0 Å². The monoisotopic (exact) mass is 68.1 g/mol. The first kappa shape index (κ1) is 3.26. The Morgan fingerprint density at radius 1 is 1.80 bits per heavy atom. The highest BCUT2D eigenvalue weighted by atomic mass is 14.3. The SMILES string of the molecule is B[C@H]1C[C@H]1C. The summed E-state index contributed by atoms with van der Waals surface area (Å²) < 4.78 is 0. The van der Waals surface area contributed by atoms with E-state index in [1.165, 1.54) is 6.42 Å². The summed E-state index contributed by atoms with van der Waals surface area (Å²) in [7, 11) is 2.30. The molecule has 0 aromatic carbocycles. The lowest BCUT2D eigenvalue weighted by molar-refractivity contribution is 0.981. The van der Waals surface area contributed by atoms with Crippen LogP contribution in [0.3, 0.4) is 0 Å². The van der Waals surface area contributed by atoms with Crippen LogP contribution in [0, 0.1) is 5.92 Å². The molecule has 0 amide bonds. The van der Waals surface area contributed by atoms with Crippen molar-refractivity contribution in [1.82, 2.24) is 0 Å². The van der Waals surface area contributed by atoms with Crippen molar-refractivity contribution in [3.63, 3.8) is 0 Å². The highest BCUT2D eigenvalue weighted by molar-refractivity contribution is 6.13. The van der Waals surface area contributed by atoms with E-state index in [2.05, 4.69) is 14.8 Å². The van der Waals surface area contributed by atoms with Crippen LogP contribution in [0.25, 0.3) is 0 Å². The van der Waals surface area contributed by atoms with Gasteiger partial charge in [-0.3, -0.25) is 0 Å². The maximum absolute atomic E-state index is 2.30. The minimum atomic E-state index is 1.05. The van der Waals surface area contributed by atoms with Gasteiger partial charge in [-0.05, 0) is 5.92 Å². The molecule has 0 unspecified atom stereocenters. The zero-order valence-electron chi connectivity index (χ0n) is 3.86. The third kappa shape index (κ3) is 0.471. The van der Waals surface area contributed by atoms with Gasteiger partial charge in [0.1, 0.15) is 7.85 Å². The molecule has 1 saturated carbocycles. The van der Waals surface area contributed by atoms with Crippen molar-refractivity contribution in [2.45, 2.75) is 19.2 Å². The van der Waals surface area contributed by atoms with Crippen LogP contribution >= 0.6 is 0 Å². The van der Waals surface area contributed by atoms with Gasteiger partial charge in [-0.1, -0.05) is 19.2 Å². The molecular formula is C4H9B. The van der Waals surface area contributed by atoms with Crippen LogP contribution in [0.15, 0.2) is 0 Å². The summed E-state index contributed by atoms with van der Waals surface area (Å²) >= 11 is 0. The van der Waals surface area contributed by atoms with E-state index >= 15 is 0 Å². The maximum atomic E-state index is 2.30. The molecule has 0 heterocycles. The Hall–Kier alpha value is 0.0649. The van der Waals surface area contributed by atoms with Crippen LogP contribution in [0.5, 0.6) is 0 Å². The summed E-state index contributed by atoms with van der Waals surface area (Å²) in [6, 6.07) is 0. The van der Waals surface area contributed by atoms with Gasteiger partial charge in [-0.25, -0.2) is 0 Å². The maximum Gasteiger partial charge on any atom is 0.105 e. The van der Waals surface area contributed by atoms with Crippen molar-refractivity contribution >= 4 is 7.85 Å². The normalized spacial score (nSPS) is 49.0. The topological polar surface area (TPSA) is 0 Å². The molecule has 1 aliphatic rings. The van der Waals surface area contributed by atoms with Crippen molar-refractivity contribution in [2.75, 3.05) is 0 Å². The molecule has 0 N–H and O–H groups in total. The predicted molar refractivity (Wildman–Crippen MR) is 26.1 cm³/mol. The van der Waals surface area contributed by atoms with E-state index in [-0.39, 0.29) is 0 Å². The van der Waals surface area contributed by atoms with E-state index in [4.69, 9.17) is 0 Å². The van der Waals surface area contributed by atoms with Crippen LogP contribution in [-0.2, 0) is 0 Å². The first-order valence-corrected chi connectivity index (χ1v) is 2.30. The van der Waals surface area contributed by atoms with Gasteiger partial charge in [0.2, 0.25) is 0 Å². The number of hydrogen-bond donors (Lipinski definition) is 0. The number of hydrogen-bond acceptors (Lipinski definition) is 0. The second-order valence-corrected chi connectivity index (χ2v) is 2.19. The molecule has 28 valence electrons. The summed E-state index contributed by atoms with van der Waals surface area (Å²) in [5, 5.41) is 0. The van der Waals surface area contributed by atoms with Gasteiger partial charge in [0, 0.05) is 0 Å². The molecule has 1 heteroatoms. The van der Waals surface area contributed by atoms with Gasteiger partial charge in [-0.15, -0.1) is 0 Å². The quantitative estimate of drug-likeness (QED) is 0.361. The molecule has 0 spiro atoms. The summed E-state index contributed by atoms with van der Waals surface area (Å²) in [5.41, 5.74) is 0. The highest BCUT2D eigenvalue weighted by Gasteiger charge is 2.26. The molecule has 0 bridgehead atoms. The van der Waals surface area contributed by atoms with Gasteiger partial charge in [0.15, 0.2) is 0 Å². The molecule has 0 aromatic rings. The van der Waals surface area contributed by atoms with Crippen LogP contribution in [-0.4, -0.2) is 7.85 Å². The van der Waals surface area contributed by atoms with Gasteiger partial charge < -0.3 is 0 Å². The van der Waals surface area contributed by atoms with Crippen molar-refractivity contribution in [3.8, 4) is 0 Å². The molecule has 0 aliphatic heterocycles. The Kier molecular flexibility index (Phi) is 0.499. The van der Waals surface area contributed by atoms with Crippen molar-refractivity contribution < 1.29 is 0 Å². The third-order valence-electron chi connectivity index (χ3n) is 1.51. The Morgan fingerprint density at radius 2 is 2.00 bits per heavy atom. The minimum Gasteiger partial charge on any atom is -0.0670 e. The molecule has 0 radical (unpaired) electrons. The first-order chi connectivity index (χ1) is 2.30. The van der Waals surface area contributed by atoms with Crippen molar-refractivity contribution in [1.29, 1.82) is 0 Å². The molecule has 0 saturated heterocycles. The van der Waals surface area contributed by atoms with Gasteiger partial charge in [-0.2, -0.15) is 0 Å². The fraction of sp³-hybridized carbons (Fsp3) is 1.00. The molecule has 1 fully saturated rings. The lowest BCUT2D eigenvalue weighted by atomic mass is 10.0. The van der Waals surface area contributed by atoms with Crippen LogP contribution in [0.1, 0.15) is 13.3 Å². The first-order valence-electron chi connectivity index (χ1n) is 2.30. The zero-order valence-corrected chi connectivity index (χ0v) is 3.86. The molecule has 5 heavy (non-hydrogen) atoms. The summed E-state index contributed by atoms with van der Waals surface area (Å²) in [6.45, 7) is 2.30. The van der Waals surface area contributed by atoms with Crippen LogP contribution in [0.2, 0.25) is 5.82 Å². The van der Waals surface area contributed by atoms with Gasteiger partial charge in [0.05, 0.1) is 0 Å². The van der Waals surface area contributed by atoms with Gasteiger partial charge >= 0.3 is 0 Å². The summed E-state index contributed by atoms with van der Waals surface area (Å²) in [5.74, 6) is 2.10. The van der Waals surface area contributed by atoms with E-state index in [0.29, 0.717) is 0 Å². The third-order valence-corrected chi connectivity index (χ3v) is 1.51. The highest BCUT2D eigenvalue weighted by Crippen LogP contribution is 2.40. The fourth-order valence-electron chi connectivity index (χ4n) is 0.508. The average Bonchev–Trinajstić information content (AvgIpc) is 1.79. The van der Waals surface area contributed by atoms with E-state index in [9.17, 15) is 0 Å². The molecule has 2 atom stereocenters. The fourth-order valence-corrected chi connectivity index (χ4v) is 0.508. The van der Waals surface area contributed by atoms with Crippen molar-refractivity contribution in [3.05, 3.63) is 0 Å². The Balaban J connectivity index is 2.20. The summed E-state index contributed by atoms with van der Waals surface area (Å²) in [6.07, 6.45) is 1.47. The molecule has 1 aliphatic carbocycles.